The number of nitrogens with zero attached hydrogens (tertiary/aromatic N) is 1. The minimum atomic E-state index is -0.829. The first-order valence-electron chi connectivity index (χ1n) is 7.09. The second-order valence-corrected chi connectivity index (χ2v) is 5.42. The number of rotatable bonds is 4. The maximum atomic E-state index is 12.0. The van der Waals surface area contributed by atoms with Crippen LogP contribution in [0, 0.1) is 0 Å². The van der Waals surface area contributed by atoms with Gasteiger partial charge < -0.3 is 20.1 Å². The molecule has 1 fully saturated rings. The van der Waals surface area contributed by atoms with E-state index < -0.39 is 12.2 Å². The summed E-state index contributed by atoms with van der Waals surface area (Å²) in [5.74, 6) is -0.475. The predicted molar refractivity (Wildman–Crippen MR) is 81.5 cm³/mol. The van der Waals surface area contributed by atoms with Crippen LogP contribution in [0.2, 0.25) is 0 Å². The summed E-state index contributed by atoms with van der Waals surface area (Å²) >= 11 is 5.42. The van der Waals surface area contributed by atoms with Gasteiger partial charge in [0.1, 0.15) is 12.5 Å². The molecular weight excluding hydrogens is 308 g/mol. The number of aliphatic hydroxyl groups is 1. The number of hydrogen-bond acceptors (Lipinski definition) is 4. The third-order valence-corrected chi connectivity index (χ3v) is 3.76. The van der Waals surface area contributed by atoms with Crippen LogP contribution in [0.25, 0.3) is 0 Å². The van der Waals surface area contributed by atoms with Crippen LogP contribution in [-0.4, -0.2) is 53.1 Å². The fraction of sp³-hybridized carbons (Fsp3) is 0.467. The summed E-state index contributed by atoms with van der Waals surface area (Å²) in [6, 6.07) is 8.99. The Hall–Kier alpha value is -1.79. The van der Waals surface area contributed by atoms with Gasteiger partial charge in [-0.05, 0) is 12.0 Å². The van der Waals surface area contributed by atoms with Crippen LogP contribution in [0.3, 0.4) is 0 Å². The monoisotopic (exact) mass is 326 g/mol. The molecule has 2 atom stereocenters. The maximum absolute atomic E-state index is 12.0. The number of ether oxygens (including phenoxy) is 1. The number of halogens is 1. The highest BCUT2D eigenvalue weighted by molar-refractivity contribution is 6.27. The summed E-state index contributed by atoms with van der Waals surface area (Å²) in [6.07, 6.45) is -0.834. The molecule has 1 aliphatic rings. The molecular formula is C15H19ClN2O4. The highest BCUT2D eigenvalue weighted by atomic mass is 35.5. The highest BCUT2D eigenvalue weighted by Gasteiger charge is 2.31. The molecule has 2 amide bonds. The van der Waals surface area contributed by atoms with Crippen molar-refractivity contribution < 1.29 is 19.4 Å². The standard InChI is InChI=1S/C15H19ClN2O4/c16-8-14(20)17-12-6-7-18(9-13(12)19)15(21)22-10-11-4-2-1-3-5-11/h1-5,12-13,19H,6-10H2,(H,17,20). The van der Waals surface area contributed by atoms with Gasteiger partial charge in [-0.1, -0.05) is 30.3 Å². The van der Waals surface area contributed by atoms with Crippen molar-refractivity contribution in [3.05, 3.63) is 35.9 Å². The van der Waals surface area contributed by atoms with Gasteiger partial charge in [-0.3, -0.25) is 4.79 Å². The lowest BCUT2D eigenvalue weighted by Gasteiger charge is -2.35. The first kappa shape index (κ1) is 16.6. The number of β-amino-alcohol motifs (C(OH)–C–C–N with tert-alkyl or cyclic N) is 1. The van der Waals surface area contributed by atoms with Crippen LogP contribution in [-0.2, 0) is 16.1 Å². The van der Waals surface area contributed by atoms with Gasteiger partial charge >= 0.3 is 6.09 Å². The zero-order valence-electron chi connectivity index (χ0n) is 12.1. The number of benzene rings is 1. The summed E-state index contributed by atoms with van der Waals surface area (Å²) in [5.41, 5.74) is 0.903. The molecule has 1 heterocycles. The molecule has 120 valence electrons. The molecule has 0 bridgehead atoms. The van der Waals surface area contributed by atoms with Gasteiger partial charge in [0.2, 0.25) is 5.91 Å². The lowest BCUT2D eigenvalue weighted by molar-refractivity contribution is -0.120. The summed E-state index contributed by atoms with van der Waals surface area (Å²) in [5, 5.41) is 12.6. The summed E-state index contributed by atoms with van der Waals surface area (Å²) in [4.78, 5) is 24.7. The van der Waals surface area contributed by atoms with Gasteiger partial charge in [0.15, 0.2) is 0 Å². The zero-order chi connectivity index (χ0) is 15.9. The Labute approximate surface area is 134 Å². The molecule has 0 saturated carbocycles. The number of piperidine rings is 1. The van der Waals surface area contributed by atoms with E-state index in [9.17, 15) is 14.7 Å². The van der Waals surface area contributed by atoms with E-state index in [0.717, 1.165) is 5.56 Å². The molecule has 0 radical (unpaired) electrons. The second kappa shape index (κ2) is 8.00. The Bertz CT molecular complexity index is 512. The molecule has 2 unspecified atom stereocenters. The molecule has 22 heavy (non-hydrogen) atoms. The number of aliphatic hydroxyl groups excluding tert-OH is 1. The first-order valence-corrected chi connectivity index (χ1v) is 7.62. The quantitative estimate of drug-likeness (QED) is 0.813. The predicted octanol–water partition coefficient (Wildman–Crippen LogP) is 1.11. The Morgan fingerprint density at radius 2 is 2.09 bits per heavy atom. The first-order chi connectivity index (χ1) is 10.6. The van der Waals surface area contributed by atoms with Crippen LogP contribution in [0.5, 0.6) is 0 Å². The van der Waals surface area contributed by atoms with E-state index in [4.69, 9.17) is 16.3 Å². The molecule has 7 heteroatoms. The van der Waals surface area contributed by atoms with Crippen molar-refractivity contribution in [1.29, 1.82) is 0 Å². The Morgan fingerprint density at radius 3 is 2.73 bits per heavy atom. The van der Waals surface area contributed by atoms with Gasteiger partial charge in [0.05, 0.1) is 18.7 Å². The van der Waals surface area contributed by atoms with Crippen LogP contribution >= 0.6 is 11.6 Å². The third kappa shape index (κ3) is 4.61. The van der Waals surface area contributed by atoms with E-state index in [1.165, 1.54) is 4.90 Å². The Balaban J connectivity index is 1.79. The molecule has 0 aromatic heterocycles. The molecule has 1 aliphatic heterocycles. The number of likely N-dealkylation sites (tertiary alicyclic amines) is 1. The number of amides is 2. The van der Waals surface area contributed by atoms with Crippen molar-refractivity contribution in [1.82, 2.24) is 10.2 Å². The highest BCUT2D eigenvalue weighted by Crippen LogP contribution is 2.13. The molecule has 2 rings (SSSR count). The number of carbonyl (C=O) groups is 2. The van der Waals surface area contributed by atoms with E-state index in [1.54, 1.807) is 0 Å². The lowest BCUT2D eigenvalue weighted by Crippen LogP contribution is -2.55. The average molecular weight is 327 g/mol. The molecule has 2 N–H and O–H groups in total. The SMILES string of the molecule is O=C(CCl)NC1CCN(C(=O)OCc2ccccc2)CC1O. The van der Waals surface area contributed by atoms with E-state index in [0.29, 0.717) is 13.0 Å². The van der Waals surface area contributed by atoms with Crippen molar-refractivity contribution in [2.24, 2.45) is 0 Å². The fourth-order valence-electron chi connectivity index (χ4n) is 2.32. The Kier molecular flexibility index (Phi) is 6.03. The van der Waals surface area contributed by atoms with Crippen molar-refractivity contribution in [3.8, 4) is 0 Å². The van der Waals surface area contributed by atoms with Gasteiger partial charge in [-0.2, -0.15) is 0 Å². The molecule has 6 nitrogen and oxygen atoms in total. The van der Waals surface area contributed by atoms with E-state index in [2.05, 4.69) is 5.32 Å². The molecule has 1 saturated heterocycles. The van der Waals surface area contributed by atoms with E-state index >= 15 is 0 Å². The van der Waals surface area contributed by atoms with E-state index in [1.807, 2.05) is 30.3 Å². The molecule has 0 spiro atoms. The smallest absolute Gasteiger partial charge is 0.410 e. The van der Waals surface area contributed by atoms with Gasteiger partial charge in [0.25, 0.3) is 0 Å². The number of nitrogens with one attached hydrogen (secondary N) is 1. The minimum absolute atomic E-state index is 0.126. The molecule has 0 aliphatic carbocycles. The van der Waals surface area contributed by atoms with Crippen LogP contribution in [0.4, 0.5) is 4.79 Å². The fourth-order valence-corrected chi connectivity index (χ4v) is 2.40. The van der Waals surface area contributed by atoms with Crippen LogP contribution in [0.15, 0.2) is 30.3 Å². The van der Waals surface area contributed by atoms with Crippen molar-refractivity contribution in [2.45, 2.75) is 25.2 Å². The van der Waals surface area contributed by atoms with Crippen molar-refractivity contribution >= 4 is 23.6 Å². The van der Waals surface area contributed by atoms with Crippen LogP contribution in [0.1, 0.15) is 12.0 Å². The number of alkyl halides is 1. The normalized spacial score (nSPS) is 21.3. The lowest BCUT2D eigenvalue weighted by atomic mass is 10.0. The number of hydrogen-bond donors (Lipinski definition) is 2. The minimum Gasteiger partial charge on any atom is -0.445 e. The third-order valence-electron chi connectivity index (χ3n) is 3.51. The average Bonchev–Trinajstić information content (AvgIpc) is 2.55. The molecule has 1 aromatic carbocycles. The van der Waals surface area contributed by atoms with Gasteiger partial charge in [0, 0.05) is 6.54 Å². The summed E-state index contributed by atoms with van der Waals surface area (Å²) in [7, 11) is 0. The number of carbonyl (C=O) groups excluding carboxylic acids is 2. The van der Waals surface area contributed by atoms with Crippen molar-refractivity contribution in [2.75, 3.05) is 19.0 Å². The topological polar surface area (TPSA) is 78.9 Å². The molecule has 1 aromatic rings. The van der Waals surface area contributed by atoms with Gasteiger partial charge in [-0.25, -0.2) is 4.79 Å². The van der Waals surface area contributed by atoms with Gasteiger partial charge in [-0.15, -0.1) is 11.6 Å². The summed E-state index contributed by atoms with van der Waals surface area (Å²) in [6.45, 7) is 0.734. The Morgan fingerprint density at radius 1 is 1.36 bits per heavy atom. The van der Waals surface area contributed by atoms with Crippen molar-refractivity contribution in [3.63, 3.8) is 0 Å². The van der Waals surface area contributed by atoms with E-state index in [-0.39, 0.29) is 31.0 Å². The maximum Gasteiger partial charge on any atom is 0.410 e. The zero-order valence-corrected chi connectivity index (χ0v) is 12.8. The second-order valence-electron chi connectivity index (χ2n) is 5.15. The largest absolute Gasteiger partial charge is 0.445 e. The summed E-state index contributed by atoms with van der Waals surface area (Å²) < 4.78 is 5.22. The van der Waals surface area contributed by atoms with Crippen LogP contribution < -0.4 is 5.32 Å².